The van der Waals surface area contributed by atoms with Gasteiger partial charge in [-0.25, -0.2) is 4.39 Å². The topological polar surface area (TPSA) is 55.1 Å². The standard InChI is InChI=1S/C13H18ClFN2O.ClH/c1-8(2)5-10(7-16)17-13(18)11-6-9(14)3-4-12(11)15;/h3-4,6,8,10H,5,7,16H2,1-2H3,(H,17,18);1H. The first-order chi connectivity index (χ1) is 8.43. The molecule has 0 bridgehead atoms. The van der Waals surface area contributed by atoms with Gasteiger partial charge in [0.15, 0.2) is 0 Å². The van der Waals surface area contributed by atoms with Crippen molar-refractivity contribution in [3.63, 3.8) is 0 Å². The van der Waals surface area contributed by atoms with Crippen molar-refractivity contribution in [1.29, 1.82) is 0 Å². The minimum absolute atomic E-state index is 0. The van der Waals surface area contributed by atoms with E-state index >= 15 is 0 Å². The van der Waals surface area contributed by atoms with E-state index in [1.807, 2.05) is 13.8 Å². The third kappa shape index (κ3) is 5.76. The summed E-state index contributed by atoms with van der Waals surface area (Å²) in [5.41, 5.74) is 5.53. The maximum atomic E-state index is 13.5. The van der Waals surface area contributed by atoms with E-state index < -0.39 is 11.7 Å². The third-order valence-corrected chi connectivity index (χ3v) is 2.78. The molecule has 0 aromatic heterocycles. The molecule has 0 saturated carbocycles. The van der Waals surface area contributed by atoms with Gasteiger partial charge in [0.1, 0.15) is 5.82 Å². The van der Waals surface area contributed by atoms with E-state index in [1.54, 1.807) is 0 Å². The summed E-state index contributed by atoms with van der Waals surface area (Å²) in [5, 5.41) is 3.05. The third-order valence-electron chi connectivity index (χ3n) is 2.55. The van der Waals surface area contributed by atoms with Gasteiger partial charge in [-0.15, -0.1) is 12.4 Å². The van der Waals surface area contributed by atoms with Gasteiger partial charge in [-0.2, -0.15) is 0 Å². The summed E-state index contributed by atoms with van der Waals surface area (Å²) in [5.74, 6) is -0.661. The van der Waals surface area contributed by atoms with Crippen LogP contribution in [0.15, 0.2) is 18.2 Å². The monoisotopic (exact) mass is 308 g/mol. The van der Waals surface area contributed by atoms with E-state index in [-0.39, 0.29) is 24.0 Å². The summed E-state index contributed by atoms with van der Waals surface area (Å²) in [4.78, 5) is 11.9. The molecule has 19 heavy (non-hydrogen) atoms. The van der Waals surface area contributed by atoms with Gasteiger partial charge >= 0.3 is 0 Å². The second kappa shape index (κ2) is 8.35. The molecule has 0 heterocycles. The molecule has 0 aliphatic heterocycles. The molecule has 0 fully saturated rings. The summed E-state index contributed by atoms with van der Waals surface area (Å²) in [6, 6.07) is 3.74. The van der Waals surface area contributed by atoms with Gasteiger partial charge in [-0.05, 0) is 30.5 Å². The first kappa shape index (κ1) is 18.2. The number of carbonyl (C=O) groups excluding carboxylic acids is 1. The van der Waals surface area contributed by atoms with Crippen molar-refractivity contribution in [2.45, 2.75) is 26.3 Å². The lowest BCUT2D eigenvalue weighted by Crippen LogP contribution is -2.41. The summed E-state index contributed by atoms with van der Waals surface area (Å²) >= 11 is 5.74. The van der Waals surface area contributed by atoms with Crippen molar-refractivity contribution in [3.05, 3.63) is 34.6 Å². The summed E-state index contributed by atoms with van der Waals surface area (Å²) < 4.78 is 13.5. The molecule has 0 radical (unpaired) electrons. The zero-order valence-electron chi connectivity index (χ0n) is 11.0. The van der Waals surface area contributed by atoms with E-state index in [9.17, 15) is 9.18 Å². The summed E-state index contributed by atoms with van der Waals surface area (Å²) in [6.07, 6.45) is 0.754. The Kier molecular flexibility index (Phi) is 7.99. The van der Waals surface area contributed by atoms with Crippen molar-refractivity contribution in [2.75, 3.05) is 6.54 Å². The first-order valence-corrected chi connectivity index (χ1v) is 6.27. The zero-order chi connectivity index (χ0) is 13.7. The van der Waals surface area contributed by atoms with Crippen LogP contribution < -0.4 is 11.1 Å². The van der Waals surface area contributed by atoms with E-state index in [0.29, 0.717) is 17.5 Å². The Labute approximate surface area is 124 Å². The van der Waals surface area contributed by atoms with Crippen LogP contribution in [-0.4, -0.2) is 18.5 Å². The Morgan fingerprint density at radius 2 is 2.11 bits per heavy atom. The minimum atomic E-state index is -0.586. The lowest BCUT2D eigenvalue weighted by Gasteiger charge is -2.19. The van der Waals surface area contributed by atoms with Gasteiger partial charge in [-0.1, -0.05) is 25.4 Å². The number of nitrogens with one attached hydrogen (secondary N) is 1. The maximum absolute atomic E-state index is 13.5. The number of halogens is 3. The van der Waals surface area contributed by atoms with Gasteiger partial charge in [0.05, 0.1) is 5.56 Å². The largest absolute Gasteiger partial charge is 0.348 e. The SMILES string of the molecule is CC(C)CC(CN)NC(=O)c1cc(Cl)ccc1F.Cl. The Balaban J connectivity index is 0.00000324. The molecule has 3 N–H and O–H groups in total. The normalized spacial score (nSPS) is 11.9. The number of amides is 1. The maximum Gasteiger partial charge on any atom is 0.254 e. The molecule has 1 aromatic carbocycles. The minimum Gasteiger partial charge on any atom is -0.348 e. The van der Waals surface area contributed by atoms with Crippen LogP contribution >= 0.6 is 24.0 Å². The van der Waals surface area contributed by atoms with Crippen LogP contribution in [0, 0.1) is 11.7 Å². The summed E-state index contributed by atoms with van der Waals surface area (Å²) in [6.45, 7) is 4.40. The Morgan fingerprint density at radius 3 is 2.63 bits per heavy atom. The van der Waals surface area contributed by atoms with Gasteiger partial charge in [-0.3, -0.25) is 4.79 Å². The highest BCUT2D eigenvalue weighted by molar-refractivity contribution is 6.31. The zero-order valence-corrected chi connectivity index (χ0v) is 12.5. The van der Waals surface area contributed by atoms with Gasteiger partial charge in [0.2, 0.25) is 0 Å². The Bertz CT molecular complexity index is 427. The molecule has 108 valence electrons. The van der Waals surface area contributed by atoms with Crippen molar-refractivity contribution in [2.24, 2.45) is 11.7 Å². The van der Waals surface area contributed by atoms with Crippen molar-refractivity contribution in [1.82, 2.24) is 5.32 Å². The van der Waals surface area contributed by atoms with E-state index in [0.717, 1.165) is 6.42 Å². The van der Waals surface area contributed by atoms with Crippen LogP contribution in [-0.2, 0) is 0 Å². The molecule has 1 rings (SSSR count). The molecule has 0 saturated heterocycles. The van der Waals surface area contributed by atoms with Crippen molar-refractivity contribution in [3.8, 4) is 0 Å². The molecule has 1 atom stereocenters. The Morgan fingerprint density at radius 1 is 1.47 bits per heavy atom. The fourth-order valence-corrected chi connectivity index (χ4v) is 1.89. The van der Waals surface area contributed by atoms with Crippen LogP contribution in [0.3, 0.4) is 0 Å². The molecule has 6 heteroatoms. The second-order valence-electron chi connectivity index (χ2n) is 4.66. The van der Waals surface area contributed by atoms with Crippen molar-refractivity contribution >= 4 is 29.9 Å². The summed E-state index contributed by atoms with van der Waals surface area (Å²) in [7, 11) is 0. The highest BCUT2D eigenvalue weighted by Crippen LogP contribution is 2.15. The number of rotatable bonds is 5. The van der Waals surface area contributed by atoms with E-state index in [2.05, 4.69) is 5.32 Å². The highest BCUT2D eigenvalue weighted by atomic mass is 35.5. The molecule has 0 aliphatic rings. The molecule has 0 spiro atoms. The Hall–Kier alpha value is -0.840. The highest BCUT2D eigenvalue weighted by Gasteiger charge is 2.17. The first-order valence-electron chi connectivity index (χ1n) is 5.90. The molecule has 1 aromatic rings. The van der Waals surface area contributed by atoms with Crippen LogP contribution in [0.25, 0.3) is 0 Å². The van der Waals surface area contributed by atoms with Crippen LogP contribution in [0.1, 0.15) is 30.6 Å². The average Bonchev–Trinajstić information content (AvgIpc) is 2.30. The molecule has 0 aliphatic carbocycles. The number of nitrogens with two attached hydrogens (primary N) is 1. The molecular formula is C13H19Cl2FN2O. The van der Waals surface area contributed by atoms with Gasteiger partial charge in [0, 0.05) is 17.6 Å². The fourth-order valence-electron chi connectivity index (χ4n) is 1.72. The van der Waals surface area contributed by atoms with Gasteiger partial charge < -0.3 is 11.1 Å². The number of carbonyl (C=O) groups is 1. The molecule has 3 nitrogen and oxygen atoms in total. The second-order valence-corrected chi connectivity index (χ2v) is 5.10. The number of benzene rings is 1. The molecular weight excluding hydrogens is 290 g/mol. The molecule has 1 amide bonds. The van der Waals surface area contributed by atoms with E-state index in [1.165, 1.54) is 18.2 Å². The van der Waals surface area contributed by atoms with Gasteiger partial charge in [0.25, 0.3) is 5.91 Å². The lowest BCUT2D eigenvalue weighted by molar-refractivity contribution is 0.0929. The number of hydrogen-bond acceptors (Lipinski definition) is 2. The fraction of sp³-hybridized carbons (Fsp3) is 0.462. The molecule has 1 unspecified atom stereocenters. The average molecular weight is 309 g/mol. The van der Waals surface area contributed by atoms with Crippen molar-refractivity contribution < 1.29 is 9.18 Å². The lowest BCUT2D eigenvalue weighted by atomic mass is 10.0. The van der Waals surface area contributed by atoms with E-state index in [4.69, 9.17) is 17.3 Å². The van der Waals surface area contributed by atoms with Crippen LogP contribution in [0.4, 0.5) is 4.39 Å². The number of hydrogen-bond donors (Lipinski definition) is 2. The predicted octanol–water partition coefficient (Wildman–Crippen LogP) is 3.00. The predicted molar refractivity (Wildman–Crippen MR) is 78.4 cm³/mol. The van der Waals surface area contributed by atoms with Crippen LogP contribution in [0.5, 0.6) is 0 Å². The van der Waals surface area contributed by atoms with Crippen LogP contribution in [0.2, 0.25) is 5.02 Å². The quantitative estimate of drug-likeness (QED) is 0.878. The smallest absolute Gasteiger partial charge is 0.254 e.